The molecule has 0 spiro atoms. The predicted octanol–water partition coefficient (Wildman–Crippen LogP) is 2.48. The lowest BCUT2D eigenvalue weighted by atomic mass is 9.84. The number of aromatic nitrogens is 1. The third kappa shape index (κ3) is 5.15. The van der Waals surface area contributed by atoms with Crippen LogP contribution in [-0.4, -0.2) is 45.1 Å². The molecule has 1 aliphatic rings. The van der Waals surface area contributed by atoms with Gasteiger partial charge in [0, 0.05) is 22.2 Å². The van der Waals surface area contributed by atoms with Crippen LogP contribution in [0.15, 0.2) is 54.6 Å². The summed E-state index contributed by atoms with van der Waals surface area (Å²) in [6.45, 7) is 2.28. The lowest BCUT2D eigenvalue weighted by Crippen LogP contribution is -2.58. The minimum absolute atomic E-state index is 0.00232. The number of para-hydroxylation sites is 1. The summed E-state index contributed by atoms with van der Waals surface area (Å²) in [6.07, 6.45) is -0.193. The lowest BCUT2D eigenvalue weighted by Gasteiger charge is -2.39. The predicted molar refractivity (Wildman–Crippen MR) is 124 cm³/mol. The van der Waals surface area contributed by atoms with Gasteiger partial charge in [0.05, 0.1) is 30.4 Å². The molecule has 4 N–H and O–H groups in total. The second-order valence-corrected chi connectivity index (χ2v) is 8.57. The Morgan fingerprint density at radius 3 is 2.65 bits per heavy atom. The summed E-state index contributed by atoms with van der Waals surface area (Å²) in [6, 6.07) is 16.5. The minimum Gasteiger partial charge on any atom is -0.489 e. The van der Waals surface area contributed by atoms with Gasteiger partial charge in [-0.05, 0) is 49.7 Å². The molecule has 3 aromatic rings. The lowest BCUT2D eigenvalue weighted by molar-refractivity contribution is -0.174. The normalized spacial score (nSPS) is 18.1. The molecule has 1 aromatic heterocycles. The summed E-state index contributed by atoms with van der Waals surface area (Å²) in [4.78, 5) is 41.0. The summed E-state index contributed by atoms with van der Waals surface area (Å²) in [5, 5.41) is 14.0. The smallest absolute Gasteiger partial charge is 0.251 e. The fourth-order valence-corrected chi connectivity index (χ4v) is 4.24. The maximum Gasteiger partial charge on any atom is 0.251 e. The molecular weight excluding hydrogens is 436 g/mol. The molecule has 0 saturated carbocycles. The van der Waals surface area contributed by atoms with E-state index in [2.05, 4.69) is 10.3 Å². The van der Waals surface area contributed by atoms with Crippen LogP contribution >= 0.6 is 0 Å². The summed E-state index contributed by atoms with van der Waals surface area (Å²) in [5.74, 6) is -1.06. The maximum atomic E-state index is 12.9. The first-order valence-electron chi connectivity index (χ1n) is 10.9. The standard InChI is InChI=1S/C25H26N4O5/c1-16-12-18(20-4-2-3-5-21(20)27-16)15-34-19-8-6-17(7-9-19)24(32)28-25(13-22(26)30)10-11-29(33)23(31)14-25/h2-9,12,33H,10-11,13-15H2,1H3,(H2,26,30)(H,28,32). The van der Waals surface area contributed by atoms with Gasteiger partial charge in [-0.15, -0.1) is 0 Å². The Morgan fingerprint density at radius 2 is 1.94 bits per heavy atom. The second-order valence-electron chi connectivity index (χ2n) is 8.57. The van der Waals surface area contributed by atoms with E-state index in [0.29, 0.717) is 23.0 Å². The van der Waals surface area contributed by atoms with Crippen molar-refractivity contribution in [3.05, 3.63) is 71.4 Å². The van der Waals surface area contributed by atoms with Crippen LogP contribution in [-0.2, 0) is 16.2 Å². The Balaban J connectivity index is 1.44. The van der Waals surface area contributed by atoms with E-state index in [1.54, 1.807) is 24.3 Å². The monoisotopic (exact) mass is 462 g/mol. The number of ether oxygens (including phenoxy) is 1. The van der Waals surface area contributed by atoms with Crippen molar-refractivity contribution < 1.29 is 24.3 Å². The zero-order valence-electron chi connectivity index (χ0n) is 18.8. The fourth-order valence-electron chi connectivity index (χ4n) is 4.24. The number of carbonyl (C=O) groups excluding carboxylic acids is 3. The van der Waals surface area contributed by atoms with Gasteiger partial charge in [0.15, 0.2) is 0 Å². The Bertz CT molecular complexity index is 1240. The number of nitrogens with two attached hydrogens (primary N) is 1. The molecule has 2 heterocycles. The largest absolute Gasteiger partial charge is 0.489 e. The Hall–Kier alpha value is -3.98. The first-order chi connectivity index (χ1) is 16.2. The number of fused-ring (bicyclic) bond motifs is 1. The van der Waals surface area contributed by atoms with E-state index < -0.39 is 23.3 Å². The summed E-state index contributed by atoms with van der Waals surface area (Å²) in [5.41, 5.74) is 7.39. The number of piperidine rings is 1. The number of amides is 3. The average molecular weight is 463 g/mol. The molecular formula is C25H26N4O5. The molecule has 2 aromatic carbocycles. The van der Waals surface area contributed by atoms with E-state index in [9.17, 15) is 19.6 Å². The molecule has 1 fully saturated rings. The van der Waals surface area contributed by atoms with E-state index >= 15 is 0 Å². The van der Waals surface area contributed by atoms with Crippen LogP contribution in [0.5, 0.6) is 5.75 Å². The van der Waals surface area contributed by atoms with E-state index in [4.69, 9.17) is 10.5 Å². The highest BCUT2D eigenvalue weighted by Gasteiger charge is 2.41. The average Bonchev–Trinajstić information content (AvgIpc) is 2.80. The summed E-state index contributed by atoms with van der Waals surface area (Å²) in [7, 11) is 0. The number of aryl methyl sites for hydroxylation is 1. The second kappa shape index (κ2) is 9.48. The van der Waals surface area contributed by atoms with E-state index in [1.807, 2.05) is 37.3 Å². The molecule has 9 nitrogen and oxygen atoms in total. The molecule has 1 unspecified atom stereocenters. The van der Waals surface area contributed by atoms with Crippen molar-refractivity contribution in [2.75, 3.05) is 6.54 Å². The van der Waals surface area contributed by atoms with Crippen molar-refractivity contribution in [3.8, 4) is 5.75 Å². The molecule has 0 radical (unpaired) electrons. The maximum absolute atomic E-state index is 12.9. The molecule has 9 heteroatoms. The molecule has 1 aliphatic heterocycles. The van der Waals surface area contributed by atoms with Crippen LogP contribution in [0, 0.1) is 6.92 Å². The quantitative estimate of drug-likeness (QED) is 0.462. The molecule has 3 amide bonds. The Morgan fingerprint density at radius 1 is 1.21 bits per heavy atom. The molecule has 34 heavy (non-hydrogen) atoms. The number of rotatable bonds is 7. The number of primary amides is 1. The van der Waals surface area contributed by atoms with Crippen molar-refractivity contribution in [1.29, 1.82) is 0 Å². The van der Waals surface area contributed by atoms with Crippen molar-refractivity contribution in [3.63, 3.8) is 0 Å². The first kappa shape index (κ1) is 23.2. The van der Waals surface area contributed by atoms with Gasteiger partial charge < -0.3 is 15.8 Å². The third-order valence-electron chi connectivity index (χ3n) is 5.91. The molecule has 1 atom stereocenters. The topological polar surface area (TPSA) is 135 Å². The highest BCUT2D eigenvalue weighted by molar-refractivity contribution is 5.96. The Kier molecular flexibility index (Phi) is 6.47. The van der Waals surface area contributed by atoms with Crippen LogP contribution in [0.25, 0.3) is 10.9 Å². The zero-order valence-corrected chi connectivity index (χ0v) is 18.8. The number of nitrogens with one attached hydrogen (secondary N) is 1. The first-order valence-corrected chi connectivity index (χ1v) is 10.9. The van der Waals surface area contributed by atoms with E-state index in [1.165, 1.54) is 0 Å². The Labute approximate surface area is 196 Å². The van der Waals surface area contributed by atoms with Crippen LogP contribution in [0.1, 0.15) is 40.9 Å². The number of hydrogen-bond acceptors (Lipinski definition) is 6. The highest BCUT2D eigenvalue weighted by atomic mass is 16.5. The van der Waals surface area contributed by atoms with Gasteiger partial charge >= 0.3 is 0 Å². The minimum atomic E-state index is -1.13. The third-order valence-corrected chi connectivity index (χ3v) is 5.91. The van der Waals surface area contributed by atoms with Crippen LogP contribution in [0.4, 0.5) is 0 Å². The van der Waals surface area contributed by atoms with Crippen LogP contribution in [0.3, 0.4) is 0 Å². The van der Waals surface area contributed by atoms with Gasteiger partial charge in [-0.3, -0.25) is 24.6 Å². The number of pyridine rings is 1. The van der Waals surface area contributed by atoms with Crippen LogP contribution in [0.2, 0.25) is 0 Å². The van der Waals surface area contributed by atoms with Gasteiger partial charge in [0.2, 0.25) is 11.8 Å². The number of nitrogens with zero attached hydrogens (tertiary/aromatic N) is 2. The number of hydrogen-bond donors (Lipinski definition) is 3. The van der Waals surface area contributed by atoms with Gasteiger partial charge in [0.1, 0.15) is 12.4 Å². The van der Waals surface area contributed by atoms with Gasteiger partial charge in [-0.25, -0.2) is 5.06 Å². The van der Waals surface area contributed by atoms with Crippen molar-refractivity contribution >= 4 is 28.6 Å². The molecule has 0 bridgehead atoms. The van der Waals surface area contributed by atoms with Crippen molar-refractivity contribution in [2.24, 2.45) is 5.73 Å². The van der Waals surface area contributed by atoms with Gasteiger partial charge in [-0.2, -0.15) is 0 Å². The SMILES string of the molecule is Cc1cc(COc2ccc(C(=O)NC3(CC(N)=O)CCN(O)C(=O)C3)cc2)c2ccccc2n1. The van der Waals surface area contributed by atoms with Gasteiger partial charge in [0.25, 0.3) is 5.91 Å². The van der Waals surface area contributed by atoms with Crippen LogP contribution < -0.4 is 15.8 Å². The molecule has 176 valence electrons. The number of carbonyl (C=O) groups is 3. The number of benzene rings is 2. The molecule has 4 rings (SSSR count). The molecule has 0 aliphatic carbocycles. The summed E-state index contributed by atoms with van der Waals surface area (Å²) < 4.78 is 5.94. The zero-order chi connectivity index (χ0) is 24.3. The van der Waals surface area contributed by atoms with E-state index in [-0.39, 0.29) is 25.8 Å². The summed E-state index contributed by atoms with van der Waals surface area (Å²) >= 11 is 0. The van der Waals surface area contributed by atoms with Crippen molar-refractivity contribution in [2.45, 2.75) is 38.3 Å². The molecule has 1 saturated heterocycles. The van der Waals surface area contributed by atoms with E-state index in [0.717, 1.165) is 22.2 Å². The van der Waals surface area contributed by atoms with Crippen molar-refractivity contribution in [1.82, 2.24) is 15.4 Å². The highest BCUT2D eigenvalue weighted by Crippen LogP contribution is 2.27. The fraction of sp³-hybridized carbons (Fsp3) is 0.280. The van der Waals surface area contributed by atoms with Gasteiger partial charge in [-0.1, -0.05) is 18.2 Å². The number of hydroxylamine groups is 2.